The smallest absolute Gasteiger partial charge is 0.387 e. The number of amides is 1. The first kappa shape index (κ1) is 23.3. The first-order valence-electron chi connectivity index (χ1n) is 11.2. The summed E-state index contributed by atoms with van der Waals surface area (Å²) >= 11 is 0. The largest absolute Gasteiger partial charge is 0.433 e. The van der Waals surface area contributed by atoms with Gasteiger partial charge in [-0.2, -0.15) is 13.2 Å². The van der Waals surface area contributed by atoms with Gasteiger partial charge in [0.1, 0.15) is 11.8 Å². The second kappa shape index (κ2) is 8.94. The fourth-order valence-corrected chi connectivity index (χ4v) is 4.58. The van der Waals surface area contributed by atoms with Gasteiger partial charge in [0.2, 0.25) is 0 Å². The van der Waals surface area contributed by atoms with Crippen molar-refractivity contribution >= 4 is 17.3 Å². The first-order valence-corrected chi connectivity index (χ1v) is 11.2. The summed E-state index contributed by atoms with van der Waals surface area (Å²) in [5, 5.41) is 13.2. The minimum absolute atomic E-state index is 0.0805. The molecule has 5 rings (SSSR count). The van der Waals surface area contributed by atoms with Crippen molar-refractivity contribution in [2.75, 3.05) is 30.0 Å². The molecule has 1 fully saturated rings. The number of aromatic nitrogens is 2. The molecule has 0 aliphatic carbocycles. The number of carbonyl (C=O) groups is 1. The number of alkyl halides is 3. The Bertz CT molecular complexity index is 1280. The summed E-state index contributed by atoms with van der Waals surface area (Å²) in [6.07, 6.45) is -2.10. The summed E-state index contributed by atoms with van der Waals surface area (Å²) in [5.74, 6) is -0.671. The number of carbonyl (C=O) groups excluding carboxylic acids is 1. The molecule has 2 aliphatic heterocycles. The van der Waals surface area contributed by atoms with E-state index in [0.717, 1.165) is 34.6 Å². The zero-order chi connectivity index (χ0) is 24.7. The van der Waals surface area contributed by atoms with Crippen molar-refractivity contribution in [2.24, 2.45) is 0 Å². The van der Waals surface area contributed by atoms with E-state index in [1.165, 1.54) is 6.07 Å². The van der Waals surface area contributed by atoms with Crippen LogP contribution in [0.3, 0.4) is 0 Å². The summed E-state index contributed by atoms with van der Waals surface area (Å²) in [7, 11) is 0. The Morgan fingerprint density at radius 2 is 2.03 bits per heavy atom. The number of pyridine rings is 2. The predicted molar refractivity (Wildman–Crippen MR) is 123 cm³/mol. The SMILES string of the molecule is Cc1ccc(NC(=O)c2ccnc(C(F)(F)F)c2)cc1-c1cnc2c(c1)N1CCOC[C@H]1C[C@@H]2O. The number of halogens is 3. The second-order valence-corrected chi connectivity index (χ2v) is 8.71. The molecule has 182 valence electrons. The van der Waals surface area contributed by atoms with Crippen LogP contribution < -0.4 is 10.2 Å². The van der Waals surface area contributed by atoms with Crippen molar-refractivity contribution in [1.29, 1.82) is 0 Å². The van der Waals surface area contributed by atoms with E-state index in [0.29, 0.717) is 37.6 Å². The van der Waals surface area contributed by atoms with E-state index < -0.39 is 23.9 Å². The zero-order valence-electron chi connectivity index (χ0n) is 18.8. The van der Waals surface area contributed by atoms with Crippen LogP contribution in [0.4, 0.5) is 24.5 Å². The Labute approximate surface area is 199 Å². The van der Waals surface area contributed by atoms with Crippen LogP contribution in [0.5, 0.6) is 0 Å². The molecule has 1 saturated heterocycles. The molecule has 0 saturated carbocycles. The molecule has 10 heteroatoms. The van der Waals surface area contributed by atoms with Crippen LogP contribution >= 0.6 is 0 Å². The highest BCUT2D eigenvalue weighted by molar-refractivity contribution is 6.04. The highest BCUT2D eigenvalue weighted by Gasteiger charge is 2.35. The number of aryl methyl sites for hydroxylation is 1. The van der Waals surface area contributed by atoms with Crippen molar-refractivity contribution in [1.82, 2.24) is 9.97 Å². The van der Waals surface area contributed by atoms with E-state index >= 15 is 0 Å². The lowest BCUT2D eigenvalue weighted by Crippen LogP contribution is -2.49. The van der Waals surface area contributed by atoms with E-state index in [1.807, 2.05) is 19.1 Å². The number of nitrogens with one attached hydrogen (secondary N) is 1. The summed E-state index contributed by atoms with van der Waals surface area (Å²) in [6, 6.07) is 9.30. The monoisotopic (exact) mass is 484 g/mol. The molecule has 7 nitrogen and oxygen atoms in total. The number of morpholine rings is 1. The highest BCUT2D eigenvalue weighted by atomic mass is 19.4. The highest BCUT2D eigenvalue weighted by Crippen LogP contribution is 2.39. The van der Waals surface area contributed by atoms with Crippen molar-refractivity contribution in [2.45, 2.75) is 31.7 Å². The number of aliphatic hydroxyl groups is 1. The maximum atomic E-state index is 13.0. The maximum absolute atomic E-state index is 13.0. The van der Waals surface area contributed by atoms with Crippen LogP contribution in [0, 0.1) is 6.92 Å². The molecule has 2 atom stereocenters. The Morgan fingerprint density at radius 1 is 1.20 bits per heavy atom. The fourth-order valence-electron chi connectivity index (χ4n) is 4.58. The van der Waals surface area contributed by atoms with Crippen LogP contribution in [0.2, 0.25) is 0 Å². The quantitative estimate of drug-likeness (QED) is 0.574. The molecule has 1 amide bonds. The number of hydrogen-bond donors (Lipinski definition) is 2. The van der Waals surface area contributed by atoms with Gasteiger partial charge in [0.25, 0.3) is 5.91 Å². The second-order valence-electron chi connectivity index (χ2n) is 8.71. The lowest BCUT2D eigenvalue weighted by molar-refractivity contribution is -0.141. The summed E-state index contributed by atoms with van der Waals surface area (Å²) in [5.41, 5.74) is 3.21. The van der Waals surface area contributed by atoms with Crippen molar-refractivity contribution < 1.29 is 27.8 Å². The minimum Gasteiger partial charge on any atom is -0.387 e. The van der Waals surface area contributed by atoms with Gasteiger partial charge in [0, 0.05) is 42.2 Å². The number of benzene rings is 1. The van der Waals surface area contributed by atoms with Crippen molar-refractivity contribution in [3.63, 3.8) is 0 Å². The molecular weight excluding hydrogens is 461 g/mol. The molecule has 35 heavy (non-hydrogen) atoms. The van der Waals surface area contributed by atoms with E-state index in [1.54, 1.807) is 18.3 Å². The van der Waals surface area contributed by atoms with Gasteiger partial charge in [-0.15, -0.1) is 0 Å². The number of rotatable bonds is 3. The van der Waals surface area contributed by atoms with Crippen LogP contribution in [0.15, 0.2) is 48.8 Å². The minimum atomic E-state index is -4.64. The van der Waals surface area contributed by atoms with Crippen LogP contribution in [0.1, 0.15) is 39.8 Å². The van der Waals surface area contributed by atoms with E-state index in [4.69, 9.17) is 4.74 Å². The molecule has 0 bridgehead atoms. The number of ether oxygens (including phenoxy) is 1. The standard InChI is InChI=1S/C25H23F3N4O3/c1-14-2-3-17(31-24(34)15-4-5-29-22(9-15)25(26,27)28)10-19(14)16-8-20-23(30-12-16)21(33)11-18-13-35-7-6-32(18)20/h2-5,8-10,12,18,21,33H,6-7,11,13H2,1H3,(H,31,34)/t18-,21+/m1/s1. The van der Waals surface area contributed by atoms with Gasteiger partial charge >= 0.3 is 6.18 Å². The van der Waals surface area contributed by atoms with E-state index in [2.05, 4.69) is 20.2 Å². The van der Waals surface area contributed by atoms with E-state index in [9.17, 15) is 23.1 Å². The van der Waals surface area contributed by atoms with Gasteiger partial charge in [-0.1, -0.05) is 6.07 Å². The fraction of sp³-hybridized carbons (Fsp3) is 0.320. The van der Waals surface area contributed by atoms with Gasteiger partial charge < -0.3 is 20.1 Å². The Balaban J connectivity index is 1.44. The molecule has 2 aliphatic rings. The average molecular weight is 484 g/mol. The third kappa shape index (κ3) is 4.59. The van der Waals surface area contributed by atoms with Gasteiger partial charge in [0.15, 0.2) is 0 Å². The third-order valence-electron chi connectivity index (χ3n) is 6.36. The molecule has 3 aromatic rings. The van der Waals surface area contributed by atoms with Crippen molar-refractivity contribution in [3.05, 3.63) is 71.3 Å². The van der Waals surface area contributed by atoms with Gasteiger partial charge in [-0.25, -0.2) is 0 Å². The number of nitrogens with zero attached hydrogens (tertiary/aromatic N) is 3. The summed E-state index contributed by atoms with van der Waals surface area (Å²) in [4.78, 5) is 22.7. The van der Waals surface area contributed by atoms with Crippen LogP contribution in [-0.2, 0) is 10.9 Å². The van der Waals surface area contributed by atoms with Gasteiger partial charge in [-0.05, 0) is 48.4 Å². The Morgan fingerprint density at radius 3 is 2.83 bits per heavy atom. The number of aliphatic hydroxyl groups excluding tert-OH is 1. The average Bonchev–Trinajstić information content (AvgIpc) is 2.84. The summed E-state index contributed by atoms with van der Waals surface area (Å²) in [6.45, 7) is 3.77. The summed E-state index contributed by atoms with van der Waals surface area (Å²) < 4.78 is 44.5. The maximum Gasteiger partial charge on any atom is 0.433 e. The molecule has 4 heterocycles. The molecular formula is C25H23F3N4O3. The Kier molecular flexibility index (Phi) is 5.94. The first-order chi connectivity index (χ1) is 16.7. The molecule has 2 aromatic heterocycles. The zero-order valence-corrected chi connectivity index (χ0v) is 18.8. The predicted octanol–water partition coefficient (Wildman–Crippen LogP) is 4.37. The number of hydrogen-bond acceptors (Lipinski definition) is 6. The number of fused-ring (bicyclic) bond motifs is 3. The molecule has 1 aromatic carbocycles. The normalized spacial score (nSPS) is 19.6. The Hall–Kier alpha value is -3.50. The van der Waals surface area contributed by atoms with Crippen molar-refractivity contribution in [3.8, 4) is 11.1 Å². The van der Waals surface area contributed by atoms with Gasteiger partial charge in [-0.3, -0.25) is 14.8 Å². The molecule has 2 N–H and O–H groups in total. The topological polar surface area (TPSA) is 87.6 Å². The lowest BCUT2D eigenvalue weighted by Gasteiger charge is -2.43. The van der Waals surface area contributed by atoms with Crippen LogP contribution in [0.25, 0.3) is 11.1 Å². The molecule has 0 spiro atoms. The number of anilines is 2. The lowest BCUT2D eigenvalue weighted by atomic mass is 9.94. The van der Waals surface area contributed by atoms with Crippen LogP contribution in [-0.4, -0.2) is 46.8 Å². The molecule has 0 unspecified atom stereocenters. The van der Waals surface area contributed by atoms with Gasteiger partial charge in [0.05, 0.1) is 30.6 Å². The third-order valence-corrected chi connectivity index (χ3v) is 6.36. The van der Waals surface area contributed by atoms with E-state index in [-0.39, 0.29) is 11.6 Å². The molecule has 0 radical (unpaired) electrons.